The fraction of sp³-hybridized carbons (Fsp3) is 0.846. The molecule has 0 aromatic rings. The summed E-state index contributed by atoms with van der Waals surface area (Å²) in [6, 6.07) is -0.460. The number of likely N-dealkylation sites (tertiary alicyclic amines) is 2. The molecule has 120 valence electrons. The van der Waals surface area contributed by atoms with E-state index in [0.717, 1.165) is 0 Å². The summed E-state index contributed by atoms with van der Waals surface area (Å²) in [5, 5.41) is 9.28. The Labute approximate surface area is 120 Å². The van der Waals surface area contributed by atoms with Crippen molar-refractivity contribution in [1.82, 2.24) is 9.80 Å². The number of urea groups is 1. The number of rotatable bonds is 1. The number of alkyl halides is 3. The maximum atomic E-state index is 12.6. The maximum Gasteiger partial charge on any atom is 0.391 e. The van der Waals surface area contributed by atoms with Crippen molar-refractivity contribution in [3.63, 3.8) is 0 Å². The highest BCUT2D eigenvalue weighted by Crippen LogP contribution is 2.36. The van der Waals surface area contributed by atoms with Crippen LogP contribution >= 0.6 is 0 Å². The second-order valence-corrected chi connectivity index (χ2v) is 5.92. The van der Waals surface area contributed by atoms with Gasteiger partial charge < -0.3 is 14.9 Å². The van der Waals surface area contributed by atoms with Gasteiger partial charge in [0.2, 0.25) is 0 Å². The van der Waals surface area contributed by atoms with E-state index in [2.05, 4.69) is 0 Å². The molecule has 0 aromatic carbocycles. The van der Waals surface area contributed by atoms with Gasteiger partial charge in [0.1, 0.15) is 5.54 Å². The zero-order chi connectivity index (χ0) is 15.8. The Bertz CT molecular complexity index is 433. The molecule has 2 amide bonds. The van der Waals surface area contributed by atoms with Crippen LogP contribution in [0.4, 0.5) is 18.0 Å². The number of aliphatic carboxylic acids is 1. The van der Waals surface area contributed by atoms with Crippen LogP contribution in [0.2, 0.25) is 0 Å². The maximum absolute atomic E-state index is 12.6. The molecule has 2 fully saturated rings. The Hall–Kier alpha value is -1.47. The van der Waals surface area contributed by atoms with E-state index in [1.54, 1.807) is 0 Å². The lowest BCUT2D eigenvalue weighted by atomic mass is 9.96. The number of hydrogen-bond acceptors (Lipinski definition) is 2. The average Bonchev–Trinajstić information content (AvgIpc) is 2.80. The molecule has 1 atom stereocenters. The molecule has 8 heteroatoms. The minimum Gasteiger partial charge on any atom is -0.480 e. The molecule has 0 aromatic heterocycles. The molecule has 2 rings (SSSR count). The van der Waals surface area contributed by atoms with Crippen LogP contribution in [-0.4, -0.2) is 58.3 Å². The van der Waals surface area contributed by atoms with Crippen LogP contribution in [0.15, 0.2) is 0 Å². The number of carboxylic acids is 1. The SMILES string of the molecule is CC1(C(=O)O)CCCN1C(=O)N1CCC(C(F)(F)F)CC1. The lowest BCUT2D eigenvalue weighted by molar-refractivity contribution is -0.183. The molecule has 2 heterocycles. The number of hydrogen-bond donors (Lipinski definition) is 1. The van der Waals surface area contributed by atoms with E-state index < -0.39 is 29.6 Å². The number of halogens is 3. The fourth-order valence-corrected chi connectivity index (χ4v) is 3.06. The smallest absolute Gasteiger partial charge is 0.391 e. The van der Waals surface area contributed by atoms with Crippen molar-refractivity contribution in [3.8, 4) is 0 Å². The molecule has 5 nitrogen and oxygen atoms in total. The van der Waals surface area contributed by atoms with E-state index in [1.807, 2.05) is 0 Å². The van der Waals surface area contributed by atoms with E-state index in [9.17, 15) is 27.9 Å². The third-order valence-electron chi connectivity index (χ3n) is 4.56. The molecule has 1 N–H and O–H groups in total. The molecular weight excluding hydrogens is 289 g/mol. The summed E-state index contributed by atoms with van der Waals surface area (Å²) in [7, 11) is 0. The van der Waals surface area contributed by atoms with Crippen molar-refractivity contribution in [3.05, 3.63) is 0 Å². The summed E-state index contributed by atoms with van der Waals surface area (Å²) >= 11 is 0. The van der Waals surface area contributed by atoms with Crippen LogP contribution < -0.4 is 0 Å². The summed E-state index contributed by atoms with van der Waals surface area (Å²) in [5.41, 5.74) is -1.25. The van der Waals surface area contributed by atoms with Crippen LogP contribution in [0.5, 0.6) is 0 Å². The van der Waals surface area contributed by atoms with Gasteiger partial charge >= 0.3 is 18.2 Å². The highest BCUT2D eigenvalue weighted by Gasteiger charge is 2.48. The van der Waals surface area contributed by atoms with Crippen LogP contribution in [0.25, 0.3) is 0 Å². The lowest BCUT2D eigenvalue weighted by Crippen LogP contribution is -2.56. The zero-order valence-electron chi connectivity index (χ0n) is 11.8. The molecule has 21 heavy (non-hydrogen) atoms. The molecule has 2 aliphatic heterocycles. The van der Waals surface area contributed by atoms with E-state index in [1.165, 1.54) is 16.7 Å². The molecule has 0 spiro atoms. The average molecular weight is 308 g/mol. The predicted molar refractivity (Wildman–Crippen MR) is 67.7 cm³/mol. The Morgan fingerprint density at radius 3 is 2.24 bits per heavy atom. The van der Waals surface area contributed by atoms with Gasteiger partial charge in [-0.15, -0.1) is 0 Å². The monoisotopic (exact) mass is 308 g/mol. The summed E-state index contributed by atoms with van der Waals surface area (Å²) < 4.78 is 37.8. The number of carbonyl (C=O) groups excluding carboxylic acids is 1. The molecule has 2 saturated heterocycles. The lowest BCUT2D eigenvalue weighted by Gasteiger charge is -2.39. The van der Waals surface area contributed by atoms with Gasteiger partial charge in [-0.2, -0.15) is 13.2 Å². The first-order chi connectivity index (χ1) is 9.66. The van der Waals surface area contributed by atoms with Crippen LogP contribution in [-0.2, 0) is 4.79 Å². The van der Waals surface area contributed by atoms with Crippen LogP contribution in [0.3, 0.4) is 0 Å². The highest BCUT2D eigenvalue weighted by molar-refractivity contribution is 5.86. The normalized spacial score (nSPS) is 28.0. The van der Waals surface area contributed by atoms with E-state index in [4.69, 9.17) is 0 Å². The van der Waals surface area contributed by atoms with Crippen molar-refractivity contribution < 1.29 is 27.9 Å². The first-order valence-electron chi connectivity index (χ1n) is 7.03. The predicted octanol–water partition coefficient (Wildman–Crippen LogP) is 2.32. The standard InChI is InChI=1S/C13H19F3N2O3/c1-12(10(19)20)5-2-6-18(12)11(21)17-7-3-9(4-8-17)13(14,15)16/h9H,2-8H2,1H3,(H,19,20). The van der Waals surface area contributed by atoms with Crippen molar-refractivity contribution in [1.29, 1.82) is 0 Å². The summed E-state index contributed by atoms with van der Waals surface area (Å²) in [4.78, 5) is 26.4. The third-order valence-corrected chi connectivity index (χ3v) is 4.56. The second-order valence-electron chi connectivity index (χ2n) is 5.92. The summed E-state index contributed by atoms with van der Waals surface area (Å²) in [5.74, 6) is -2.44. The van der Waals surface area contributed by atoms with Gasteiger partial charge in [-0.25, -0.2) is 9.59 Å². The highest BCUT2D eigenvalue weighted by atomic mass is 19.4. The molecule has 0 bridgehead atoms. The van der Waals surface area contributed by atoms with Crippen molar-refractivity contribution in [2.45, 2.75) is 44.3 Å². The van der Waals surface area contributed by atoms with E-state index in [0.29, 0.717) is 19.4 Å². The largest absolute Gasteiger partial charge is 0.480 e. The zero-order valence-corrected chi connectivity index (χ0v) is 11.8. The number of amides is 2. The number of carbonyl (C=O) groups is 2. The first-order valence-corrected chi connectivity index (χ1v) is 7.03. The van der Waals surface area contributed by atoms with Gasteiger partial charge in [-0.1, -0.05) is 0 Å². The Kier molecular flexibility index (Phi) is 4.08. The molecule has 2 aliphatic rings. The fourth-order valence-electron chi connectivity index (χ4n) is 3.06. The van der Waals surface area contributed by atoms with Crippen molar-refractivity contribution in [2.75, 3.05) is 19.6 Å². The van der Waals surface area contributed by atoms with E-state index >= 15 is 0 Å². The van der Waals surface area contributed by atoms with Crippen LogP contribution in [0, 0.1) is 5.92 Å². The molecule has 1 unspecified atom stereocenters. The van der Waals surface area contributed by atoms with Gasteiger partial charge in [0.15, 0.2) is 0 Å². The minimum absolute atomic E-state index is 0.0230. The first kappa shape index (κ1) is 15.9. The quantitative estimate of drug-likeness (QED) is 0.808. The van der Waals surface area contributed by atoms with Crippen molar-refractivity contribution >= 4 is 12.0 Å². The molecule has 0 radical (unpaired) electrons. The Morgan fingerprint density at radius 1 is 1.19 bits per heavy atom. The van der Waals surface area contributed by atoms with Gasteiger partial charge in [0.25, 0.3) is 0 Å². The topological polar surface area (TPSA) is 60.9 Å². The van der Waals surface area contributed by atoms with Crippen LogP contribution in [0.1, 0.15) is 32.6 Å². The molecule has 0 saturated carbocycles. The Balaban J connectivity index is 2.01. The van der Waals surface area contributed by atoms with Gasteiger partial charge in [0.05, 0.1) is 5.92 Å². The number of piperidine rings is 1. The van der Waals surface area contributed by atoms with Crippen molar-refractivity contribution in [2.24, 2.45) is 5.92 Å². The second kappa shape index (κ2) is 5.38. The minimum atomic E-state index is -4.22. The van der Waals surface area contributed by atoms with Gasteiger partial charge in [-0.3, -0.25) is 0 Å². The Morgan fingerprint density at radius 2 is 1.76 bits per heavy atom. The number of nitrogens with zero attached hydrogens (tertiary/aromatic N) is 2. The molecular formula is C13H19F3N2O3. The van der Waals surface area contributed by atoms with Gasteiger partial charge in [0, 0.05) is 19.6 Å². The summed E-state index contributed by atoms with van der Waals surface area (Å²) in [6.07, 6.45) is -3.50. The van der Waals surface area contributed by atoms with E-state index in [-0.39, 0.29) is 25.9 Å². The van der Waals surface area contributed by atoms with Gasteiger partial charge in [-0.05, 0) is 32.6 Å². The third kappa shape index (κ3) is 2.94. The summed E-state index contributed by atoms with van der Waals surface area (Å²) in [6.45, 7) is 1.87. The molecule has 0 aliphatic carbocycles. The number of carboxylic acid groups (broad SMARTS) is 1.